The van der Waals surface area contributed by atoms with Crippen molar-refractivity contribution in [2.24, 2.45) is 11.8 Å². The molecule has 0 bridgehead atoms. The molecule has 3 atom stereocenters. The van der Waals surface area contributed by atoms with Gasteiger partial charge >= 0.3 is 0 Å². The van der Waals surface area contributed by atoms with Crippen molar-refractivity contribution in [2.45, 2.75) is 71.5 Å². The van der Waals surface area contributed by atoms with Crippen LogP contribution in [0.5, 0.6) is 5.75 Å². The Bertz CT molecular complexity index is 920. The van der Waals surface area contributed by atoms with E-state index in [1.807, 2.05) is 27.7 Å². The molecule has 0 saturated heterocycles. The van der Waals surface area contributed by atoms with Gasteiger partial charge in [-0.25, -0.2) is 0 Å². The summed E-state index contributed by atoms with van der Waals surface area (Å²) in [7, 11) is 1.58. The zero-order chi connectivity index (χ0) is 27.4. The number of nitrogens with one attached hydrogen (secondary N) is 4. The van der Waals surface area contributed by atoms with Gasteiger partial charge in [0, 0.05) is 26.7 Å². The zero-order valence-electron chi connectivity index (χ0n) is 22.6. The highest BCUT2D eigenvalue weighted by molar-refractivity contribution is 5.99. The molecule has 0 spiro atoms. The summed E-state index contributed by atoms with van der Waals surface area (Å²) >= 11 is 0. The maximum Gasteiger partial charge on any atom is 0.255 e. The number of ether oxygens (including phenoxy) is 2. The topological polar surface area (TPSA) is 135 Å². The minimum absolute atomic E-state index is 0.0376. The highest BCUT2D eigenvalue weighted by Gasteiger charge is 2.29. The molecule has 10 heteroatoms. The van der Waals surface area contributed by atoms with E-state index < -0.39 is 23.9 Å². The predicted molar refractivity (Wildman–Crippen MR) is 140 cm³/mol. The molecule has 4 amide bonds. The van der Waals surface area contributed by atoms with Crippen LogP contribution >= 0.6 is 0 Å². The lowest BCUT2D eigenvalue weighted by Gasteiger charge is -2.27. The first-order valence-corrected chi connectivity index (χ1v) is 13.0. The summed E-state index contributed by atoms with van der Waals surface area (Å²) in [6.45, 7) is 8.89. The number of carbonyl (C=O) groups excluding carboxylic acids is 4. The van der Waals surface area contributed by atoms with Gasteiger partial charge < -0.3 is 30.7 Å². The third-order valence-corrected chi connectivity index (χ3v) is 6.15. The molecule has 2 rings (SSSR count). The molecular weight excluding hydrogens is 476 g/mol. The van der Waals surface area contributed by atoms with Crippen LogP contribution in [0.15, 0.2) is 24.3 Å². The molecule has 1 aromatic rings. The quantitative estimate of drug-likeness (QED) is 0.388. The van der Waals surface area contributed by atoms with Crippen LogP contribution in [0.25, 0.3) is 0 Å². The van der Waals surface area contributed by atoms with E-state index in [0.29, 0.717) is 31.7 Å². The number of methoxy groups -OCH3 is 1. The first-order valence-electron chi connectivity index (χ1n) is 13.0. The largest absolute Gasteiger partial charge is 0.491 e. The minimum Gasteiger partial charge on any atom is -0.491 e. The second-order valence-electron chi connectivity index (χ2n) is 10.1. The van der Waals surface area contributed by atoms with Gasteiger partial charge in [0.25, 0.3) is 5.91 Å². The molecule has 1 aromatic carbocycles. The van der Waals surface area contributed by atoms with Crippen LogP contribution in [-0.2, 0) is 19.1 Å². The number of fused-ring (bicyclic) bond motifs is 1. The van der Waals surface area contributed by atoms with Crippen LogP contribution in [0.3, 0.4) is 0 Å². The van der Waals surface area contributed by atoms with Crippen molar-refractivity contribution in [2.75, 3.05) is 26.9 Å². The number of rotatable bonds is 8. The minimum atomic E-state index is -0.945. The lowest BCUT2D eigenvalue weighted by Crippen LogP contribution is -2.53. The monoisotopic (exact) mass is 518 g/mol. The van der Waals surface area contributed by atoms with Gasteiger partial charge in [0.15, 0.2) is 0 Å². The summed E-state index contributed by atoms with van der Waals surface area (Å²) in [5.74, 6) is -0.955. The van der Waals surface area contributed by atoms with Crippen molar-refractivity contribution in [3.05, 3.63) is 29.8 Å². The van der Waals surface area contributed by atoms with E-state index in [2.05, 4.69) is 21.3 Å². The lowest BCUT2D eigenvalue weighted by atomic mass is 10.0. The zero-order valence-corrected chi connectivity index (χ0v) is 22.6. The van der Waals surface area contributed by atoms with Gasteiger partial charge in [0.2, 0.25) is 17.7 Å². The highest BCUT2D eigenvalue weighted by atomic mass is 16.5. The smallest absolute Gasteiger partial charge is 0.255 e. The van der Waals surface area contributed by atoms with Crippen LogP contribution in [0.2, 0.25) is 0 Å². The molecule has 206 valence electrons. The Balaban J connectivity index is 2.34. The van der Waals surface area contributed by atoms with Gasteiger partial charge in [-0.2, -0.15) is 0 Å². The summed E-state index contributed by atoms with van der Waals surface area (Å²) in [5, 5.41) is 11.4. The summed E-state index contributed by atoms with van der Waals surface area (Å²) < 4.78 is 11.0. The number of carbonyl (C=O) groups is 4. The van der Waals surface area contributed by atoms with Crippen molar-refractivity contribution in [3.8, 4) is 5.75 Å². The Morgan fingerprint density at radius 1 is 1.11 bits per heavy atom. The molecule has 1 aliphatic heterocycles. The van der Waals surface area contributed by atoms with E-state index in [-0.39, 0.29) is 54.7 Å². The Morgan fingerprint density at radius 2 is 1.84 bits per heavy atom. The molecule has 4 N–H and O–H groups in total. The molecule has 1 heterocycles. The first-order chi connectivity index (χ1) is 17.6. The molecule has 10 nitrogen and oxygen atoms in total. The van der Waals surface area contributed by atoms with Crippen LogP contribution in [0.4, 0.5) is 0 Å². The second kappa shape index (κ2) is 15.2. The maximum atomic E-state index is 13.2. The average molecular weight is 519 g/mol. The van der Waals surface area contributed by atoms with Crippen molar-refractivity contribution < 1.29 is 28.7 Å². The second-order valence-corrected chi connectivity index (χ2v) is 10.1. The van der Waals surface area contributed by atoms with Crippen LogP contribution in [0, 0.1) is 11.8 Å². The third kappa shape index (κ3) is 10.0. The van der Waals surface area contributed by atoms with E-state index in [9.17, 15) is 19.2 Å². The Hall–Kier alpha value is -3.14. The molecule has 1 aliphatic rings. The molecular formula is C27H42N4O6. The van der Waals surface area contributed by atoms with Crippen molar-refractivity contribution in [1.82, 2.24) is 21.3 Å². The van der Waals surface area contributed by atoms with Gasteiger partial charge in [-0.1, -0.05) is 39.8 Å². The number of para-hydroxylation sites is 1. The number of hydrogen-bond acceptors (Lipinski definition) is 6. The average Bonchev–Trinajstić information content (AvgIpc) is 2.85. The number of amides is 4. The molecule has 0 aliphatic carbocycles. The summed E-state index contributed by atoms with van der Waals surface area (Å²) in [4.78, 5) is 52.1. The molecule has 37 heavy (non-hydrogen) atoms. The fraction of sp³-hybridized carbons (Fsp3) is 0.630. The summed E-state index contributed by atoms with van der Waals surface area (Å²) in [6, 6.07) is 4.75. The van der Waals surface area contributed by atoms with Crippen LogP contribution < -0.4 is 26.0 Å². The van der Waals surface area contributed by atoms with Crippen LogP contribution in [-0.4, -0.2) is 68.6 Å². The van der Waals surface area contributed by atoms with Crippen molar-refractivity contribution in [3.63, 3.8) is 0 Å². The van der Waals surface area contributed by atoms with Gasteiger partial charge in [-0.15, -0.1) is 0 Å². The van der Waals surface area contributed by atoms with Gasteiger partial charge in [0.1, 0.15) is 24.4 Å². The highest BCUT2D eigenvalue weighted by Crippen LogP contribution is 2.20. The van der Waals surface area contributed by atoms with E-state index in [1.54, 1.807) is 31.4 Å². The molecule has 0 aromatic heterocycles. The van der Waals surface area contributed by atoms with E-state index in [4.69, 9.17) is 9.47 Å². The van der Waals surface area contributed by atoms with Gasteiger partial charge in [0.05, 0.1) is 11.6 Å². The van der Waals surface area contributed by atoms with Crippen molar-refractivity contribution >= 4 is 23.6 Å². The molecule has 0 saturated carbocycles. The normalized spacial score (nSPS) is 21.6. The molecule has 0 unspecified atom stereocenters. The molecule has 0 radical (unpaired) electrons. The first kappa shape index (κ1) is 30.1. The van der Waals surface area contributed by atoms with E-state index in [1.165, 1.54) is 0 Å². The predicted octanol–water partition coefficient (Wildman–Crippen LogP) is 1.78. The van der Waals surface area contributed by atoms with E-state index in [0.717, 1.165) is 0 Å². The van der Waals surface area contributed by atoms with Crippen LogP contribution in [0.1, 0.15) is 63.7 Å². The Morgan fingerprint density at radius 3 is 2.51 bits per heavy atom. The van der Waals surface area contributed by atoms with Crippen molar-refractivity contribution in [1.29, 1.82) is 0 Å². The fourth-order valence-corrected chi connectivity index (χ4v) is 3.94. The Labute approximate surface area is 219 Å². The van der Waals surface area contributed by atoms with Gasteiger partial charge in [-0.3, -0.25) is 19.2 Å². The standard InChI is InChI=1S/C27H42N4O6/c1-17(2)15-21-27(35)31-22(18(3)4)16-37-23-10-7-6-9-19(23)25(33)30-20(11-12-24(32)29-21)26(34)28-13-8-14-36-5/h6-7,9-10,17-18,20-22H,8,11-16H2,1-5H3,(H,28,34)(H,29,32)(H,30,33)(H,31,35)/t20-,21-,22-/m0/s1. The molecule has 0 fully saturated rings. The Kier molecular flexibility index (Phi) is 12.4. The lowest BCUT2D eigenvalue weighted by molar-refractivity contribution is -0.130. The summed E-state index contributed by atoms with van der Waals surface area (Å²) in [5.41, 5.74) is 0.269. The fourth-order valence-electron chi connectivity index (χ4n) is 3.94. The van der Waals surface area contributed by atoms with Gasteiger partial charge in [-0.05, 0) is 43.2 Å². The maximum absolute atomic E-state index is 13.2. The summed E-state index contributed by atoms with van der Waals surface area (Å²) in [6.07, 6.45) is 1.11. The SMILES string of the molecule is COCCCNC(=O)[C@@H]1CCC(=O)N[C@@H](CC(C)C)C(=O)N[C@H](C(C)C)COc2ccccc2C(=O)N1. The third-order valence-electron chi connectivity index (χ3n) is 6.15. The number of hydrogen-bond donors (Lipinski definition) is 4. The number of benzene rings is 1. The van der Waals surface area contributed by atoms with E-state index >= 15 is 0 Å².